The average molecular weight is 268 g/mol. The number of carbonyl (C=O) groups excluding carboxylic acids is 1. The van der Waals surface area contributed by atoms with Crippen molar-refractivity contribution < 1.29 is 4.79 Å². The lowest BCUT2D eigenvalue weighted by Gasteiger charge is -2.14. The van der Waals surface area contributed by atoms with Crippen LogP contribution in [0.25, 0.3) is 10.9 Å². The van der Waals surface area contributed by atoms with Crippen LogP contribution in [0.15, 0.2) is 42.7 Å². The highest BCUT2D eigenvalue weighted by molar-refractivity contribution is 5.97. The van der Waals surface area contributed by atoms with E-state index in [4.69, 9.17) is 0 Å². The van der Waals surface area contributed by atoms with E-state index in [1.165, 1.54) is 0 Å². The standard InChI is InChI=1S/C15H16N4O/c1-18(9-11-8-16-19(2)10-11)15(20)14-7-12-5-3-4-6-13(12)17-14/h3-8,10,17H,9H2,1-2H3. The molecule has 0 radical (unpaired) electrons. The topological polar surface area (TPSA) is 53.9 Å². The van der Waals surface area contributed by atoms with E-state index >= 15 is 0 Å². The quantitative estimate of drug-likeness (QED) is 0.791. The van der Waals surface area contributed by atoms with Crippen LogP contribution in [0.5, 0.6) is 0 Å². The zero-order chi connectivity index (χ0) is 14.1. The molecule has 20 heavy (non-hydrogen) atoms. The number of para-hydroxylation sites is 1. The molecule has 3 rings (SSSR count). The number of benzene rings is 1. The maximum atomic E-state index is 12.4. The van der Waals surface area contributed by atoms with E-state index in [9.17, 15) is 4.79 Å². The Bertz CT molecular complexity index is 723. The first-order chi connectivity index (χ1) is 9.63. The number of H-pyrrole nitrogens is 1. The second-order valence-electron chi connectivity index (χ2n) is 4.95. The first-order valence-electron chi connectivity index (χ1n) is 6.44. The number of amides is 1. The minimum absolute atomic E-state index is 0.0231. The second-order valence-corrected chi connectivity index (χ2v) is 4.95. The van der Waals surface area contributed by atoms with Crippen LogP contribution in [-0.2, 0) is 13.6 Å². The van der Waals surface area contributed by atoms with E-state index in [2.05, 4.69) is 10.1 Å². The molecule has 2 aromatic heterocycles. The van der Waals surface area contributed by atoms with Crippen molar-refractivity contribution in [1.82, 2.24) is 19.7 Å². The van der Waals surface area contributed by atoms with E-state index in [1.54, 1.807) is 22.8 Å². The van der Waals surface area contributed by atoms with Gasteiger partial charge in [0.25, 0.3) is 5.91 Å². The molecular weight excluding hydrogens is 252 g/mol. The smallest absolute Gasteiger partial charge is 0.270 e. The van der Waals surface area contributed by atoms with Crippen LogP contribution >= 0.6 is 0 Å². The molecule has 0 spiro atoms. The zero-order valence-electron chi connectivity index (χ0n) is 11.5. The van der Waals surface area contributed by atoms with Crippen molar-refractivity contribution in [2.75, 3.05) is 7.05 Å². The Kier molecular flexibility index (Phi) is 3.02. The van der Waals surface area contributed by atoms with Crippen LogP contribution in [-0.4, -0.2) is 32.6 Å². The van der Waals surface area contributed by atoms with Crippen molar-refractivity contribution >= 4 is 16.8 Å². The molecular formula is C15H16N4O. The molecule has 0 bridgehead atoms. The lowest BCUT2D eigenvalue weighted by atomic mass is 10.2. The van der Waals surface area contributed by atoms with Gasteiger partial charge >= 0.3 is 0 Å². The number of aryl methyl sites for hydroxylation is 1. The summed E-state index contributed by atoms with van der Waals surface area (Å²) in [6.07, 6.45) is 3.68. The summed E-state index contributed by atoms with van der Waals surface area (Å²) in [6, 6.07) is 9.75. The fraction of sp³-hybridized carbons (Fsp3) is 0.200. The molecule has 5 heteroatoms. The minimum Gasteiger partial charge on any atom is -0.351 e. The van der Waals surface area contributed by atoms with Crippen LogP contribution < -0.4 is 0 Å². The molecule has 102 valence electrons. The Morgan fingerprint density at radius 2 is 2.20 bits per heavy atom. The first-order valence-corrected chi connectivity index (χ1v) is 6.44. The monoisotopic (exact) mass is 268 g/mol. The molecule has 0 atom stereocenters. The summed E-state index contributed by atoms with van der Waals surface area (Å²) in [4.78, 5) is 17.2. The summed E-state index contributed by atoms with van der Waals surface area (Å²) in [7, 11) is 3.66. The Morgan fingerprint density at radius 1 is 1.40 bits per heavy atom. The van der Waals surface area contributed by atoms with Gasteiger partial charge in [0.1, 0.15) is 5.69 Å². The van der Waals surface area contributed by atoms with Gasteiger partial charge in [0.2, 0.25) is 0 Å². The molecule has 0 aliphatic rings. The highest BCUT2D eigenvalue weighted by Gasteiger charge is 2.15. The van der Waals surface area contributed by atoms with Crippen molar-refractivity contribution in [2.45, 2.75) is 6.54 Å². The molecule has 1 aromatic carbocycles. The normalized spacial score (nSPS) is 10.9. The molecule has 0 aliphatic heterocycles. The number of nitrogens with zero attached hydrogens (tertiary/aromatic N) is 3. The molecule has 0 saturated heterocycles. The number of aromatic amines is 1. The van der Waals surface area contributed by atoms with Crippen molar-refractivity contribution in [3.05, 3.63) is 54.0 Å². The average Bonchev–Trinajstić information content (AvgIpc) is 3.03. The summed E-state index contributed by atoms with van der Waals surface area (Å²) < 4.78 is 1.73. The van der Waals surface area contributed by atoms with Crippen molar-refractivity contribution in [3.8, 4) is 0 Å². The largest absolute Gasteiger partial charge is 0.351 e. The van der Waals surface area contributed by atoms with Gasteiger partial charge in [-0.3, -0.25) is 9.48 Å². The molecule has 3 aromatic rings. The lowest BCUT2D eigenvalue weighted by molar-refractivity contribution is 0.0780. The third kappa shape index (κ3) is 2.30. The SMILES string of the molecule is CN(Cc1cnn(C)c1)C(=O)c1cc2ccccc2[nH]1. The Balaban J connectivity index is 1.80. The van der Waals surface area contributed by atoms with Crippen molar-refractivity contribution in [2.24, 2.45) is 7.05 Å². The predicted molar refractivity (Wildman–Crippen MR) is 77.3 cm³/mol. The summed E-state index contributed by atoms with van der Waals surface area (Å²) in [5.74, 6) is -0.0231. The summed E-state index contributed by atoms with van der Waals surface area (Å²) in [6.45, 7) is 0.544. The molecule has 5 nitrogen and oxygen atoms in total. The number of nitrogens with one attached hydrogen (secondary N) is 1. The van der Waals surface area contributed by atoms with E-state index in [-0.39, 0.29) is 5.91 Å². The van der Waals surface area contributed by atoms with Gasteiger partial charge < -0.3 is 9.88 Å². The van der Waals surface area contributed by atoms with Gasteiger partial charge in [-0.05, 0) is 12.1 Å². The van der Waals surface area contributed by atoms with Crippen LogP contribution in [0.4, 0.5) is 0 Å². The van der Waals surface area contributed by atoms with Crippen LogP contribution in [0.1, 0.15) is 16.1 Å². The third-order valence-corrected chi connectivity index (χ3v) is 3.29. The molecule has 1 N–H and O–H groups in total. The molecule has 1 amide bonds. The van der Waals surface area contributed by atoms with Crippen LogP contribution in [0.3, 0.4) is 0 Å². The Hall–Kier alpha value is -2.56. The fourth-order valence-corrected chi connectivity index (χ4v) is 2.29. The van der Waals surface area contributed by atoms with Crippen LogP contribution in [0.2, 0.25) is 0 Å². The van der Waals surface area contributed by atoms with Gasteiger partial charge in [-0.25, -0.2) is 0 Å². The molecule has 0 aliphatic carbocycles. The fourth-order valence-electron chi connectivity index (χ4n) is 2.29. The summed E-state index contributed by atoms with van der Waals surface area (Å²) in [5.41, 5.74) is 2.60. The maximum Gasteiger partial charge on any atom is 0.270 e. The zero-order valence-corrected chi connectivity index (χ0v) is 11.5. The number of aromatic nitrogens is 3. The predicted octanol–water partition coefficient (Wildman–Crippen LogP) is 2.17. The molecule has 0 unspecified atom stereocenters. The Morgan fingerprint density at radius 3 is 2.90 bits per heavy atom. The van der Waals surface area contributed by atoms with E-state index in [1.807, 2.05) is 43.6 Å². The Labute approximate surface area is 116 Å². The first kappa shape index (κ1) is 12.5. The number of rotatable bonds is 3. The second kappa shape index (κ2) is 4.85. The van der Waals surface area contributed by atoms with E-state index in [0.29, 0.717) is 12.2 Å². The summed E-state index contributed by atoms with van der Waals surface area (Å²) >= 11 is 0. The number of carbonyl (C=O) groups is 1. The molecule has 0 saturated carbocycles. The number of hydrogen-bond donors (Lipinski definition) is 1. The number of hydrogen-bond acceptors (Lipinski definition) is 2. The highest BCUT2D eigenvalue weighted by atomic mass is 16.2. The molecule has 2 heterocycles. The van der Waals surface area contributed by atoms with E-state index < -0.39 is 0 Å². The van der Waals surface area contributed by atoms with Crippen molar-refractivity contribution in [3.63, 3.8) is 0 Å². The van der Waals surface area contributed by atoms with E-state index in [0.717, 1.165) is 16.5 Å². The van der Waals surface area contributed by atoms with Crippen LogP contribution in [0, 0.1) is 0 Å². The third-order valence-electron chi connectivity index (χ3n) is 3.29. The maximum absolute atomic E-state index is 12.4. The van der Waals surface area contributed by atoms with Gasteiger partial charge in [-0.2, -0.15) is 5.10 Å². The lowest BCUT2D eigenvalue weighted by Crippen LogP contribution is -2.26. The molecule has 0 fully saturated rings. The summed E-state index contributed by atoms with van der Waals surface area (Å²) in [5, 5.41) is 5.15. The van der Waals surface area contributed by atoms with Gasteiger partial charge in [0.15, 0.2) is 0 Å². The van der Waals surface area contributed by atoms with Crippen molar-refractivity contribution in [1.29, 1.82) is 0 Å². The van der Waals surface area contributed by atoms with Gasteiger partial charge in [-0.1, -0.05) is 18.2 Å². The van der Waals surface area contributed by atoms with Gasteiger partial charge in [0.05, 0.1) is 6.20 Å². The highest BCUT2D eigenvalue weighted by Crippen LogP contribution is 2.16. The van der Waals surface area contributed by atoms with Gasteiger partial charge in [0, 0.05) is 43.3 Å². The van der Waals surface area contributed by atoms with Gasteiger partial charge in [-0.15, -0.1) is 0 Å². The minimum atomic E-state index is -0.0231. The number of fused-ring (bicyclic) bond motifs is 1.